The van der Waals surface area contributed by atoms with E-state index in [0.29, 0.717) is 21.8 Å². The minimum atomic E-state index is -0.444. The van der Waals surface area contributed by atoms with Gasteiger partial charge in [0.05, 0.1) is 24.1 Å². The monoisotopic (exact) mass is 361 g/mol. The molecule has 0 amide bonds. The number of methoxy groups -OCH3 is 1. The zero-order valence-electron chi connectivity index (χ0n) is 14.0. The van der Waals surface area contributed by atoms with Crippen LogP contribution in [-0.2, 0) is 4.74 Å². The molecule has 26 heavy (non-hydrogen) atoms. The molecule has 0 aliphatic heterocycles. The van der Waals surface area contributed by atoms with Crippen LogP contribution in [0.15, 0.2) is 66.2 Å². The van der Waals surface area contributed by atoms with Gasteiger partial charge >= 0.3 is 5.97 Å². The van der Waals surface area contributed by atoms with Crippen LogP contribution in [-0.4, -0.2) is 18.1 Å². The van der Waals surface area contributed by atoms with Crippen LogP contribution >= 0.6 is 11.3 Å². The first kappa shape index (κ1) is 17.4. The molecule has 0 aliphatic rings. The van der Waals surface area contributed by atoms with Crippen molar-refractivity contribution in [2.75, 3.05) is 12.4 Å². The van der Waals surface area contributed by atoms with E-state index < -0.39 is 5.97 Å². The maximum absolute atomic E-state index is 11.8. The van der Waals surface area contributed by atoms with Crippen molar-refractivity contribution >= 4 is 28.6 Å². The molecule has 0 spiro atoms. The average Bonchev–Trinajstić information content (AvgIpc) is 3.19. The van der Waals surface area contributed by atoms with Gasteiger partial charge in [-0.1, -0.05) is 42.5 Å². The molecule has 1 N–H and O–H groups in total. The van der Waals surface area contributed by atoms with Gasteiger partial charge in [-0.3, -0.25) is 0 Å². The summed E-state index contributed by atoms with van der Waals surface area (Å²) in [7, 11) is 1.33. The Kier molecular flexibility index (Phi) is 5.42. The number of nitrogens with zero attached hydrogens (tertiary/aromatic N) is 2. The summed E-state index contributed by atoms with van der Waals surface area (Å²) in [5.41, 5.74) is 3.16. The summed E-state index contributed by atoms with van der Waals surface area (Å²) >= 11 is 1.39. The zero-order chi connectivity index (χ0) is 18.4. The van der Waals surface area contributed by atoms with E-state index in [1.807, 2.05) is 35.7 Å². The van der Waals surface area contributed by atoms with E-state index in [9.17, 15) is 10.1 Å². The zero-order valence-corrected chi connectivity index (χ0v) is 14.8. The highest BCUT2D eigenvalue weighted by Gasteiger charge is 2.12. The molecule has 0 unspecified atom stereocenters. The van der Waals surface area contributed by atoms with Gasteiger partial charge in [-0.25, -0.2) is 9.78 Å². The number of hydrogen-bond donors (Lipinski definition) is 1. The normalized spacial score (nSPS) is 10.8. The first-order valence-corrected chi connectivity index (χ1v) is 8.66. The molecule has 1 aromatic heterocycles. The predicted octanol–water partition coefficient (Wildman–Crippen LogP) is 4.57. The van der Waals surface area contributed by atoms with Crippen molar-refractivity contribution in [3.05, 3.63) is 76.7 Å². The van der Waals surface area contributed by atoms with Gasteiger partial charge in [0.25, 0.3) is 0 Å². The van der Waals surface area contributed by atoms with E-state index in [2.05, 4.69) is 16.4 Å². The molecular formula is C20H15N3O2S. The number of ether oxygens (including phenoxy) is 1. The van der Waals surface area contributed by atoms with Crippen LogP contribution in [0.5, 0.6) is 0 Å². The van der Waals surface area contributed by atoms with Crippen molar-refractivity contribution in [1.82, 2.24) is 4.98 Å². The van der Waals surface area contributed by atoms with Crippen LogP contribution in [0.25, 0.3) is 16.8 Å². The fraction of sp³-hybridized carbons (Fsp3) is 0.0500. The highest BCUT2D eigenvalue weighted by molar-refractivity contribution is 7.11. The molecule has 0 atom stereocenters. The molecular weight excluding hydrogens is 346 g/mol. The highest BCUT2D eigenvalue weighted by atomic mass is 32.1. The Hall–Kier alpha value is -3.43. The van der Waals surface area contributed by atoms with Crippen LogP contribution in [0, 0.1) is 11.3 Å². The summed E-state index contributed by atoms with van der Waals surface area (Å²) in [6, 6.07) is 18.9. The van der Waals surface area contributed by atoms with E-state index in [0.717, 1.165) is 11.3 Å². The number of allylic oxidation sites excluding steroid dienone is 1. The Balaban J connectivity index is 1.86. The molecule has 128 valence electrons. The van der Waals surface area contributed by atoms with Crippen molar-refractivity contribution in [3.63, 3.8) is 0 Å². The molecule has 0 fully saturated rings. The summed E-state index contributed by atoms with van der Waals surface area (Å²) in [6.45, 7) is 0. The predicted molar refractivity (Wildman–Crippen MR) is 103 cm³/mol. The minimum absolute atomic E-state index is 0.386. The van der Waals surface area contributed by atoms with Crippen LogP contribution in [0.4, 0.5) is 5.69 Å². The smallest absolute Gasteiger partial charge is 0.339 e. The van der Waals surface area contributed by atoms with Gasteiger partial charge in [0.15, 0.2) is 0 Å². The quantitative estimate of drug-likeness (QED) is 0.532. The molecule has 0 saturated heterocycles. The molecule has 6 heteroatoms. The van der Waals surface area contributed by atoms with E-state index in [1.54, 1.807) is 30.5 Å². The third-order valence-corrected chi connectivity index (χ3v) is 4.50. The Morgan fingerprint density at radius 2 is 1.92 bits per heavy atom. The van der Waals surface area contributed by atoms with Crippen molar-refractivity contribution in [2.45, 2.75) is 0 Å². The van der Waals surface area contributed by atoms with Gasteiger partial charge in [-0.05, 0) is 12.1 Å². The number of esters is 1. The number of carbonyl (C=O) groups is 1. The number of rotatable bonds is 5. The number of thiazole rings is 1. The lowest BCUT2D eigenvalue weighted by atomic mass is 10.2. The standard InChI is InChI=1S/C20H15N3O2S/c1-25-20(24)16-9-5-6-10-17(16)22-12-15(11-21)19-23-18(13-26-19)14-7-3-2-4-8-14/h2-10,12-13,22H,1H3/b15-12+. The lowest BCUT2D eigenvalue weighted by Crippen LogP contribution is -2.05. The van der Waals surface area contributed by atoms with Crippen molar-refractivity contribution in [2.24, 2.45) is 0 Å². The fourth-order valence-corrected chi connectivity index (χ4v) is 3.12. The van der Waals surface area contributed by atoms with Gasteiger partial charge in [0, 0.05) is 17.1 Å². The van der Waals surface area contributed by atoms with E-state index in [1.165, 1.54) is 18.4 Å². The second kappa shape index (κ2) is 8.10. The van der Waals surface area contributed by atoms with E-state index >= 15 is 0 Å². The maximum atomic E-state index is 11.8. The number of benzene rings is 2. The van der Waals surface area contributed by atoms with E-state index in [4.69, 9.17) is 4.74 Å². The third-order valence-electron chi connectivity index (χ3n) is 3.63. The Labute approximate surface area is 155 Å². The largest absolute Gasteiger partial charge is 0.465 e. The number of nitrogens with one attached hydrogen (secondary N) is 1. The second-order valence-electron chi connectivity index (χ2n) is 5.26. The molecule has 1 heterocycles. The van der Waals surface area contributed by atoms with Crippen LogP contribution in [0.3, 0.4) is 0 Å². The molecule has 0 aliphatic carbocycles. The van der Waals surface area contributed by atoms with Crippen molar-refractivity contribution in [1.29, 1.82) is 5.26 Å². The van der Waals surface area contributed by atoms with Gasteiger partial charge < -0.3 is 10.1 Å². The summed E-state index contributed by atoms with van der Waals surface area (Å²) in [4.78, 5) is 16.4. The van der Waals surface area contributed by atoms with Gasteiger partial charge in [0.1, 0.15) is 16.6 Å². The van der Waals surface area contributed by atoms with Crippen LogP contribution in [0.2, 0.25) is 0 Å². The lowest BCUT2D eigenvalue weighted by molar-refractivity contribution is 0.0602. The number of hydrogen-bond acceptors (Lipinski definition) is 6. The first-order chi connectivity index (χ1) is 12.7. The summed E-state index contributed by atoms with van der Waals surface area (Å²) in [5.74, 6) is -0.444. The molecule has 0 saturated carbocycles. The number of carbonyl (C=O) groups excluding carboxylic acids is 1. The minimum Gasteiger partial charge on any atom is -0.465 e. The fourth-order valence-electron chi connectivity index (χ4n) is 2.33. The average molecular weight is 361 g/mol. The number of aromatic nitrogens is 1. The number of para-hydroxylation sites is 1. The van der Waals surface area contributed by atoms with Crippen LogP contribution < -0.4 is 5.32 Å². The number of nitriles is 1. The van der Waals surface area contributed by atoms with E-state index in [-0.39, 0.29) is 0 Å². The summed E-state index contributed by atoms with van der Waals surface area (Å²) < 4.78 is 4.77. The van der Waals surface area contributed by atoms with Crippen LogP contribution in [0.1, 0.15) is 15.4 Å². The van der Waals surface area contributed by atoms with Gasteiger partial charge in [-0.15, -0.1) is 11.3 Å². The van der Waals surface area contributed by atoms with Gasteiger partial charge in [-0.2, -0.15) is 5.26 Å². The first-order valence-electron chi connectivity index (χ1n) is 7.78. The Morgan fingerprint density at radius 3 is 2.65 bits per heavy atom. The number of anilines is 1. The van der Waals surface area contributed by atoms with Crippen molar-refractivity contribution < 1.29 is 9.53 Å². The maximum Gasteiger partial charge on any atom is 0.339 e. The molecule has 5 nitrogen and oxygen atoms in total. The molecule has 3 rings (SSSR count). The summed E-state index contributed by atoms with van der Waals surface area (Å²) in [5, 5.41) is 15.0. The summed E-state index contributed by atoms with van der Waals surface area (Å²) in [6.07, 6.45) is 1.55. The lowest BCUT2D eigenvalue weighted by Gasteiger charge is -2.07. The second-order valence-corrected chi connectivity index (χ2v) is 6.11. The van der Waals surface area contributed by atoms with Crippen molar-refractivity contribution in [3.8, 4) is 17.3 Å². The Morgan fingerprint density at radius 1 is 1.19 bits per heavy atom. The Bertz CT molecular complexity index is 988. The van der Waals surface area contributed by atoms with Gasteiger partial charge in [0.2, 0.25) is 0 Å². The molecule has 3 aromatic rings. The molecule has 2 aromatic carbocycles. The third kappa shape index (κ3) is 3.79. The highest BCUT2D eigenvalue weighted by Crippen LogP contribution is 2.26. The molecule has 0 radical (unpaired) electrons. The SMILES string of the molecule is COC(=O)c1ccccc1N/C=C(\C#N)c1nc(-c2ccccc2)cs1. The molecule has 0 bridgehead atoms. The topological polar surface area (TPSA) is 75.0 Å².